The van der Waals surface area contributed by atoms with Gasteiger partial charge >= 0.3 is 0 Å². The zero-order valence-corrected chi connectivity index (χ0v) is 11.8. The number of hydrogen-bond acceptors (Lipinski definition) is 4. The summed E-state index contributed by atoms with van der Waals surface area (Å²) in [4.78, 5) is 0. The Morgan fingerprint density at radius 2 is 1.90 bits per heavy atom. The van der Waals surface area contributed by atoms with E-state index in [1.807, 2.05) is 36.4 Å². The lowest BCUT2D eigenvalue weighted by atomic mass is 10.1. The van der Waals surface area contributed by atoms with Gasteiger partial charge in [0, 0.05) is 18.3 Å². The summed E-state index contributed by atoms with van der Waals surface area (Å²) >= 11 is 0. The van der Waals surface area contributed by atoms with Crippen LogP contribution in [0.25, 0.3) is 0 Å². The Hall–Kier alpha value is -2.36. The molecular formula is C16H20N2O2. The first-order chi connectivity index (χ1) is 9.72. The average Bonchev–Trinajstić information content (AvgIpc) is 2.49. The van der Waals surface area contributed by atoms with Crippen molar-refractivity contribution >= 4 is 11.4 Å². The standard InChI is InChI=1S/C16H20N2O2/c1-19-14-5-3-4-12(10-14)8-9-18-13-6-7-15(17)16(11-13)20-2/h3-7,10-11,18H,8-9,17H2,1-2H3. The zero-order chi connectivity index (χ0) is 14.4. The molecule has 2 aromatic rings. The topological polar surface area (TPSA) is 56.5 Å². The van der Waals surface area contributed by atoms with Gasteiger partial charge in [-0.15, -0.1) is 0 Å². The van der Waals surface area contributed by atoms with E-state index in [0.29, 0.717) is 11.4 Å². The number of ether oxygens (including phenoxy) is 2. The number of nitrogens with one attached hydrogen (secondary N) is 1. The van der Waals surface area contributed by atoms with Crippen LogP contribution >= 0.6 is 0 Å². The minimum Gasteiger partial charge on any atom is -0.497 e. The van der Waals surface area contributed by atoms with Gasteiger partial charge in [0.15, 0.2) is 0 Å². The highest BCUT2D eigenvalue weighted by Gasteiger charge is 2.01. The maximum absolute atomic E-state index is 5.78. The molecule has 0 aliphatic rings. The van der Waals surface area contributed by atoms with Gasteiger partial charge in [-0.1, -0.05) is 12.1 Å². The molecule has 2 aromatic carbocycles. The van der Waals surface area contributed by atoms with Crippen molar-refractivity contribution in [2.45, 2.75) is 6.42 Å². The second kappa shape index (κ2) is 6.70. The number of nitrogen functional groups attached to an aromatic ring is 1. The second-order valence-corrected chi connectivity index (χ2v) is 4.49. The molecule has 4 heteroatoms. The van der Waals surface area contributed by atoms with Crippen LogP contribution in [0.5, 0.6) is 11.5 Å². The van der Waals surface area contributed by atoms with Gasteiger partial charge in [-0.25, -0.2) is 0 Å². The van der Waals surface area contributed by atoms with Crippen molar-refractivity contribution in [3.8, 4) is 11.5 Å². The summed E-state index contributed by atoms with van der Waals surface area (Å²) in [7, 11) is 3.30. The lowest BCUT2D eigenvalue weighted by molar-refractivity contribution is 0.414. The van der Waals surface area contributed by atoms with Crippen molar-refractivity contribution in [3.63, 3.8) is 0 Å². The average molecular weight is 272 g/mol. The highest BCUT2D eigenvalue weighted by atomic mass is 16.5. The molecule has 0 unspecified atom stereocenters. The van der Waals surface area contributed by atoms with Crippen molar-refractivity contribution in [2.24, 2.45) is 0 Å². The monoisotopic (exact) mass is 272 g/mol. The Balaban J connectivity index is 1.92. The maximum atomic E-state index is 5.78. The third-order valence-corrected chi connectivity index (χ3v) is 3.11. The largest absolute Gasteiger partial charge is 0.497 e. The summed E-state index contributed by atoms with van der Waals surface area (Å²) in [6.07, 6.45) is 0.921. The molecule has 2 rings (SSSR count). The van der Waals surface area contributed by atoms with Crippen molar-refractivity contribution in [2.75, 3.05) is 31.8 Å². The van der Waals surface area contributed by atoms with E-state index in [9.17, 15) is 0 Å². The van der Waals surface area contributed by atoms with Gasteiger partial charge in [0.25, 0.3) is 0 Å². The lowest BCUT2D eigenvalue weighted by Gasteiger charge is -2.10. The molecule has 106 valence electrons. The fourth-order valence-corrected chi connectivity index (χ4v) is 2.00. The van der Waals surface area contributed by atoms with Gasteiger partial charge in [-0.3, -0.25) is 0 Å². The Morgan fingerprint density at radius 3 is 2.65 bits per heavy atom. The van der Waals surface area contributed by atoms with Crippen LogP contribution in [0.3, 0.4) is 0 Å². The first kappa shape index (κ1) is 14.1. The Kier molecular flexibility index (Phi) is 4.71. The van der Waals surface area contributed by atoms with E-state index in [-0.39, 0.29) is 0 Å². The van der Waals surface area contributed by atoms with E-state index in [2.05, 4.69) is 11.4 Å². The molecule has 0 amide bonds. The molecule has 0 aromatic heterocycles. The van der Waals surface area contributed by atoms with Crippen LogP contribution in [-0.2, 0) is 6.42 Å². The fourth-order valence-electron chi connectivity index (χ4n) is 2.00. The summed E-state index contributed by atoms with van der Waals surface area (Å²) < 4.78 is 10.4. The quantitative estimate of drug-likeness (QED) is 0.794. The minimum atomic E-state index is 0.644. The number of anilines is 2. The maximum Gasteiger partial charge on any atom is 0.143 e. The van der Waals surface area contributed by atoms with Gasteiger partial charge in [0.2, 0.25) is 0 Å². The molecule has 0 atom stereocenters. The summed E-state index contributed by atoms with van der Waals surface area (Å²) in [5, 5.41) is 3.36. The minimum absolute atomic E-state index is 0.644. The number of hydrogen-bond donors (Lipinski definition) is 2. The first-order valence-corrected chi connectivity index (χ1v) is 6.53. The molecule has 4 nitrogen and oxygen atoms in total. The summed E-state index contributed by atoms with van der Waals surface area (Å²) in [6, 6.07) is 13.8. The van der Waals surface area contributed by atoms with Crippen molar-refractivity contribution in [3.05, 3.63) is 48.0 Å². The van der Waals surface area contributed by atoms with E-state index < -0.39 is 0 Å². The van der Waals surface area contributed by atoms with E-state index in [4.69, 9.17) is 15.2 Å². The number of benzene rings is 2. The molecule has 20 heavy (non-hydrogen) atoms. The van der Waals surface area contributed by atoms with Crippen LogP contribution in [0.15, 0.2) is 42.5 Å². The smallest absolute Gasteiger partial charge is 0.143 e. The van der Waals surface area contributed by atoms with E-state index in [1.165, 1.54) is 5.56 Å². The van der Waals surface area contributed by atoms with Crippen LogP contribution < -0.4 is 20.5 Å². The molecule has 3 N–H and O–H groups in total. The van der Waals surface area contributed by atoms with Gasteiger partial charge in [0.05, 0.1) is 19.9 Å². The van der Waals surface area contributed by atoms with E-state index in [1.54, 1.807) is 14.2 Å². The Labute approximate surface area is 119 Å². The Bertz CT molecular complexity index is 570. The predicted octanol–water partition coefficient (Wildman–Crippen LogP) is 2.94. The zero-order valence-electron chi connectivity index (χ0n) is 11.8. The van der Waals surface area contributed by atoms with Gasteiger partial charge in [-0.05, 0) is 36.2 Å². The van der Waals surface area contributed by atoms with Crippen LogP contribution in [0.2, 0.25) is 0 Å². The second-order valence-electron chi connectivity index (χ2n) is 4.49. The number of methoxy groups -OCH3 is 2. The third-order valence-electron chi connectivity index (χ3n) is 3.11. The summed E-state index contributed by atoms with van der Waals surface area (Å²) in [5.74, 6) is 1.58. The van der Waals surface area contributed by atoms with Crippen LogP contribution in [-0.4, -0.2) is 20.8 Å². The Morgan fingerprint density at radius 1 is 1.05 bits per heavy atom. The first-order valence-electron chi connectivity index (χ1n) is 6.53. The summed E-state index contributed by atoms with van der Waals surface area (Å²) in [6.45, 7) is 0.834. The van der Waals surface area contributed by atoms with E-state index in [0.717, 1.165) is 24.4 Å². The molecule has 0 spiro atoms. The molecule has 0 fully saturated rings. The molecular weight excluding hydrogens is 252 g/mol. The van der Waals surface area contributed by atoms with Gasteiger partial charge < -0.3 is 20.5 Å². The molecule has 0 aliphatic heterocycles. The highest BCUT2D eigenvalue weighted by molar-refractivity contribution is 5.61. The third kappa shape index (κ3) is 3.57. The molecule has 0 aliphatic carbocycles. The van der Waals surface area contributed by atoms with Gasteiger partial charge in [0.1, 0.15) is 11.5 Å². The van der Waals surface area contributed by atoms with E-state index >= 15 is 0 Å². The van der Waals surface area contributed by atoms with Crippen LogP contribution in [0.1, 0.15) is 5.56 Å². The van der Waals surface area contributed by atoms with Crippen LogP contribution in [0, 0.1) is 0 Å². The fraction of sp³-hybridized carbons (Fsp3) is 0.250. The molecule has 0 saturated carbocycles. The normalized spacial score (nSPS) is 10.1. The number of rotatable bonds is 6. The van der Waals surface area contributed by atoms with Crippen molar-refractivity contribution < 1.29 is 9.47 Å². The molecule has 0 saturated heterocycles. The molecule has 0 heterocycles. The lowest BCUT2D eigenvalue weighted by Crippen LogP contribution is -2.05. The highest BCUT2D eigenvalue weighted by Crippen LogP contribution is 2.24. The predicted molar refractivity (Wildman–Crippen MR) is 82.6 cm³/mol. The SMILES string of the molecule is COc1cccc(CCNc2ccc(N)c(OC)c2)c1. The summed E-state index contributed by atoms with van der Waals surface area (Å²) in [5.41, 5.74) is 8.66. The number of nitrogens with two attached hydrogens (primary N) is 1. The van der Waals surface area contributed by atoms with Crippen molar-refractivity contribution in [1.29, 1.82) is 0 Å². The molecule has 0 radical (unpaired) electrons. The van der Waals surface area contributed by atoms with Gasteiger partial charge in [-0.2, -0.15) is 0 Å². The molecule has 0 bridgehead atoms. The van der Waals surface area contributed by atoms with Crippen LogP contribution in [0.4, 0.5) is 11.4 Å². The van der Waals surface area contributed by atoms with Crippen molar-refractivity contribution in [1.82, 2.24) is 0 Å².